The minimum atomic E-state index is -0.772. The highest BCUT2D eigenvalue weighted by Gasteiger charge is 2.44. The lowest BCUT2D eigenvalue weighted by atomic mass is 9.98. The van der Waals surface area contributed by atoms with Gasteiger partial charge in [0.15, 0.2) is 5.43 Å². The quantitative estimate of drug-likeness (QED) is 0.495. The summed E-state index contributed by atoms with van der Waals surface area (Å²) in [5.74, 6) is -0.0549. The lowest BCUT2D eigenvalue weighted by molar-refractivity contribution is 0.0970. The summed E-state index contributed by atoms with van der Waals surface area (Å²) in [5, 5.41) is 0.0871. The van der Waals surface area contributed by atoms with E-state index in [-0.39, 0.29) is 22.3 Å². The molecule has 0 saturated heterocycles. The first-order chi connectivity index (χ1) is 15.0. The molecular formula is C24H17FN2O4. The van der Waals surface area contributed by atoms with Gasteiger partial charge in [-0.3, -0.25) is 14.5 Å². The first-order valence-corrected chi connectivity index (χ1v) is 9.65. The van der Waals surface area contributed by atoms with Crippen LogP contribution in [0.3, 0.4) is 0 Å². The molecule has 0 radical (unpaired) electrons. The number of halogens is 1. The minimum absolute atomic E-state index is 0.0618. The highest BCUT2D eigenvalue weighted by atomic mass is 19.1. The Morgan fingerprint density at radius 3 is 2.55 bits per heavy atom. The maximum absolute atomic E-state index is 13.9. The van der Waals surface area contributed by atoms with E-state index < -0.39 is 23.2 Å². The molecule has 7 heteroatoms. The molecule has 1 aliphatic rings. The van der Waals surface area contributed by atoms with Crippen molar-refractivity contribution >= 4 is 22.7 Å². The van der Waals surface area contributed by atoms with E-state index in [1.165, 1.54) is 17.0 Å². The summed E-state index contributed by atoms with van der Waals surface area (Å²) in [7, 11) is 1.56. The summed E-state index contributed by atoms with van der Waals surface area (Å²) in [5.41, 5.74) is 1.28. The van der Waals surface area contributed by atoms with E-state index >= 15 is 0 Å². The number of pyridine rings is 1. The molecule has 0 unspecified atom stereocenters. The Morgan fingerprint density at radius 1 is 1.06 bits per heavy atom. The molecule has 5 rings (SSSR count). The van der Waals surface area contributed by atoms with E-state index in [0.717, 1.165) is 11.8 Å². The summed E-state index contributed by atoms with van der Waals surface area (Å²) >= 11 is 0. The molecule has 31 heavy (non-hydrogen) atoms. The predicted octanol–water partition coefficient (Wildman–Crippen LogP) is 4.39. The fraction of sp³-hybridized carbons (Fsp3) is 0.125. The molecule has 3 heterocycles. The van der Waals surface area contributed by atoms with Crippen molar-refractivity contribution < 1.29 is 18.3 Å². The molecule has 1 atom stereocenters. The van der Waals surface area contributed by atoms with E-state index in [9.17, 15) is 14.0 Å². The first-order valence-electron chi connectivity index (χ1n) is 9.65. The van der Waals surface area contributed by atoms with Gasteiger partial charge in [0.25, 0.3) is 5.91 Å². The largest absolute Gasteiger partial charge is 0.497 e. The van der Waals surface area contributed by atoms with Gasteiger partial charge in [0.2, 0.25) is 5.76 Å². The Morgan fingerprint density at radius 2 is 1.84 bits per heavy atom. The number of hydrogen-bond donors (Lipinski definition) is 0. The summed E-state index contributed by atoms with van der Waals surface area (Å²) in [6, 6.07) is 15.3. The molecule has 2 aromatic heterocycles. The number of fused-ring (bicyclic) bond motifs is 2. The Kier molecular flexibility index (Phi) is 4.32. The van der Waals surface area contributed by atoms with E-state index in [2.05, 4.69) is 4.98 Å². The molecule has 0 spiro atoms. The Labute approximate surface area is 176 Å². The monoisotopic (exact) mass is 416 g/mol. The van der Waals surface area contributed by atoms with Crippen molar-refractivity contribution in [2.45, 2.75) is 13.0 Å². The SMILES string of the molecule is COc1ccc([C@H]2c3c(oc4ccc(F)cc4c3=O)C(=O)N2c2cccc(C)n2)cc1. The van der Waals surface area contributed by atoms with Crippen molar-refractivity contribution in [1.29, 1.82) is 0 Å². The topological polar surface area (TPSA) is 72.6 Å². The maximum atomic E-state index is 13.9. The van der Waals surface area contributed by atoms with E-state index in [1.807, 2.05) is 13.0 Å². The second kappa shape index (κ2) is 7.05. The van der Waals surface area contributed by atoms with Gasteiger partial charge in [0, 0.05) is 5.69 Å². The van der Waals surface area contributed by atoms with Crippen molar-refractivity contribution in [2.24, 2.45) is 0 Å². The third-order valence-electron chi connectivity index (χ3n) is 5.38. The lowest BCUT2D eigenvalue weighted by Gasteiger charge is -2.24. The fourth-order valence-corrected chi connectivity index (χ4v) is 3.95. The van der Waals surface area contributed by atoms with Crippen LogP contribution in [0.1, 0.15) is 33.4 Å². The second-order valence-corrected chi connectivity index (χ2v) is 7.30. The number of anilines is 1. The number of amides is 1. The third kappa shape index (κ3) is 2.97. The minimum Gasteiger partial charge on any atom is -0.497 e. The van der Waals surface area contributed by atoms with Gasteiger partial charge in [0.05, 0.1) is 24.1 Å². The third-order valence-corrected chi connectivity index (χ3v) is 5.38. The van der Waals surface area contributed by atoms with Gasteiger partial charge in [-0.2, -0.15) is 0 Å². The number of ether oxygens (including phenoxy) is 1. The summed E-state index contributed by atoms with van der Waals surface area (Å²) in [6.45, 7) is 1.82. The van der Waals surface area contributed by atoms with Crippen LogP contribution in [-0.4, -0.2) is 18.0 Å². The molecule has 0 aliphatic carbocycles. The molecule has 4 aromatic rings. The Balaban J connectivity index is 1.80. The van der Waals surface area contributed by atoms with Crippen LogP contribution in [0.4, 0.5) is 10.2 Å². The van der Waals surface area contributed by atoms with Crippen molar-refractivity contribution in [3.63, 3.8) is 0 Å². The molecular weight excluding hydrogens is 399 g/mol. The number of carbonyl (C=O) groups is 1. The van der Waals surface area contributed by atoms with Crippen LogP contribution in [0.5, 0.6) is 5.75 Å². The predicted molar refractivity (Wildman–Crippen MR) is 113 cm³/mol. The van der Waals surface area contributed by atoms with Gasteiger partial charge in [-0.25, -0.2) is 9.37 Å². The van der Waals surface area contributed by atoms with Crippen molar-refractivity contribution in [3.8, 4) is 5.75 Å². The van der Waals surface area contributed by atoms with Crippen LogP contribution in [0.25, 0.3) is 11.0 Å². The number of carbonyl (C=O) groups excluding carboxylic acids is 1. The summed E-state index contributed by atoms with van der Waals surface area (Å²) in [6.07, 6.45) is 0. The Hall–Kier alpha value is -4.00. The summed E-state index contributed by atoms with van der Waals surface area (Å²) in [4.78, 5) is 32.8. The van der Waals surface area contributed by atoms with Gasteiger partial charge in [-0.1, -0.05) is 18.2 Å². The van der Waals surface area contributed by atoms with Crippen molar-refractivity contribution in [3.05, 3.63) is 99.3 Å². The standard InChI is InChI=1S/C24H17FN2O4/c1-13-4-3-5-19(26-13)27-21(14-6-9-16(30-2)10-7-14)20-22(28)17-12-15(25)8-11-18(17)31-23(20)24(27)29/h3-12,21H,1-2H3/t21-/m0/s1. The van der Waals surface area contributed by atoms with E-state index in [1.54, 1.807) is 43.5 Å². The number of nitrogens with zero attached hydrogens (tertiary/aromatic N) is 2. The molecule has 1 aliphatic heterocycles. The fourth-order valence-electron chi connectivity index (χ4n) is 3.95. The number of hydrogen-bond acceptors (Lipinski definition) is 5. The number of benzene rings is 2. The van der Waals surface area contributed by atoms with Gasteiger partial charge in [-0.15, -0.1) is 0 Å². The van der Waals surface area contributed by atoms with Gasteiger partial charge < -0.3 is 9.15 Å². The van der Waals surface area contributed by atoms with E-state index in [4.69, 9.17) is 9.15 Å². The number of rotatable bonds is 3. The number of aromatic nitrogens is 1. The second-order valence-electron chi connectivity index (χ2n) is 7.30. The normalized spacial score (nSPS) is 15.4. The Bertz CT molecular complexity index is 1400. The zero-order valence-corrected chi connectivity index (χ0v) is 16.8. The lowest BCUT2D eigenvalue weighted by Crippen LogP contribution is -2.30. The zero-order chi connectivity index (χ0) is 21.7. The highest BCUT2D eigenvalue weighted by Crippen LogP contribution is 2.41. The van der Waals surface area contributed by atoms with Gasteiger partial charge in [0.1, 0.15) is 23.0 Å². The molecule has 0 saturated carbocycles. The molecule has 6 nitrogen and oxygen atoms in total. The van der Waals surface area contributed by atoms with Crippen LogP contribution in [0.2, 0.25) is 0 Å². The molecule has 1 amide bonds. The smallest absolute Gasteiger partial charge is 0.296 e. The summed E-state index contributed by atoms with van der Waals surface area (Å²) < 4.78 is 24.9. The van der Waals surface area contributed by atoms with Crippen molar-refractivity contribution in [1.82, 2.24) is 4.98 Å². The van der Waals surface area contributed by atoms with Crippen LogP contribution < -0.4 is 15.1 Å². The molecule has 154 valence electrons. The molecule has 0 N–H and O–H groups in total. The van der Waals surface area contributed by atoms with Gasteiger partial charge >= 0.3 is 0 Å². The molecule has 2 aromatic carbocycles. The zero-order valence-electron chi connectivity index (χ0n) is 16.8. The molecule has 0 fully saturated rings. The van der Waals surface area contributed by atoms with Gasteiger partial charge in [-0.05, 0) is 55.0 Å². The average Bonchev–Trinajstić information content (AvgIpc) is 3.07. The maximum Gasteiger partial charge on any atom is 0.296 e. The van der Waals surface area contributed by atoms with E-state index in [0.29, 0.717) is 17.1 Å². The van der Waals surface area contributed by atoms with Crippen LogP contribution >= 0.6 is 0 Å². The van der Waals surface area contributed by atoms with Crippen molar-refractivity contribution in [2.75, 3.05) is 12.0 Å². The highest BCUT2D eigenvalue weighted by molar-refractivity contribution is 6.10. The number of methoxy groups -OCH3 is 1. The van der Waals surface area contributed by atoms with Crippen LogP contribution in [0.15, 0.2) is 69.9 Å². The molecule has 0 bridgehead atoms. The van der Waals surface area contributed by atoms with Crippen LogP contribution in [0, 0.1) is 12.7 Å². The number of aryl methyl sites for hydroxylation is 1. The average molecular weight is 416 g/mol. The first kappa shape index (κ1) is 19.0. The van der Waals surface area contributed by atoms with Crippen LogP contribution in [-0.2, 0) is 0 Å².